The smallest absolute Gasteiger partial charge is 0.289 e. The summed E-state index contributed by atoms with van der Waals surface area (Å²) in [7, 11) is -3.97. The standard InChI is InChI=1S/C18H21FN4O4S/c19-15-5-1-2-6-16(15)22-13-11-21(12-14-22)10-9-20-28(26,27)18-8-4-3-7-17(18)23(24)25/h1-8,20H,9-14H2. The second-order valence-electron chi connectivity index (χ2n) is 6.40. The van der Waals surface area contributed by atoms with Gasteiger partial charge in [0, 0.05) is 45.3 Å². The van der Waals surface area contributed by atoms with Crippen LogP contribution in [0.15, 0.2) is 53.4 Å². The summed E-state index contributed by atoms with van der Waals surface area (Å²) < 4.78 is 41.1. The van der Waals surface area contributed by atoms with Crippen LogP contribution in [-0.2, 0) is 10.0 Å². The largest absolute Gasteiger partial charge is 0.367 e. The van der Waals surface area contributed by atoms with E-state index in [-0.39, 0.29) is 17.3 Å². The molecule has 1 aliphatic rings. The van der Waals surface area contributed by atoms with Gasteiger partial charge in [0.1, 0.15) is 5.82 Å². The van der Waals surface area contributed by atoms with Crippen molar-refractivity contribution in [2.75, 3.05) is 44.2 Å². The second kappa shape index (κ2) is 8.63. The zero-order valence-electron chi connectivity index (χ0n) is 15.1. The maximum absolute atomic E-state index is 13.9. The van der Waals surface area contributed by atoms with Crippen LogP contribution in [0.25, 0.3) is 0 Å². The summed E-state index contributed by atoms with van der Waals surface area (Å²) in [4.78, 5) is 14.0. The van der Waals surface area contributed by atoms with E-state index >= 15 is 0 Å². The van der Waals surface area contributed by atoms with E-state index in [2.05, 4.69) is 9.62 Å². The van der Waals surface area contributed by atoms with Crippen molar-refractivity contribution in [1.82, 2.24) is 9.62 Å². The lowest BCUT2D eigenvalue weighted by molar-refractivity contribution is -0.387. The van der Waals surface area contributed by atoms with Crippen molar-refractivity contribution >= 4 is 21.4 Å². The molecule has 0 aliphatic carbocycles. The molecule has 28 heavy (non-hydrogen) atoms. The topological polar surface area (TPSA) is 95.8 Å². The quantitative estimate of drug-likeness (QED) is 0.555. The highest BCUT2D eigenvalue weighted by Gasteiger charge is 2.25. The van der Waals surface area contributed by atoms with Gasteiger partial charge >= 0.3 is 0 Å². The van der Waals surface area contributed by atoms with Crippen LogP contribution in [0, 0.1) is 15.9 Å². The molecule has 0 radical (unpaired) electrons. The highest BCUT2D eigenvalue weighted by molar-refractivity contribution is 7.89. The van der Waals surface area contributed by atoms with Gasteiger partial charge in [-0.25, -0.2) is 17.5 Å². The molecule has 0 spiro atoms. The Hall–Kier alpha value is -2.56. The molecule has 0 atom stereocenters. The van der Waals surface area contributed by atoms with Gasteiger partial charge in [-0.05, 0) is 18.2 Å². The van der Waals surface area contributed by atoms with E-state index in [1.165, 1.54) is 24.3 Å². The minimum atomic E-state index is -3.97. The van der Waals surface area contributed by atoms with Crippen LogP contribution < -0.4 is 9.62 Å². The van der Waals surface area contributed by atoms with Gasteiger partial charge in [0.05, 0.1) is 10.6 Å². The Bertz CT molecular complexity index is 946. The van der Waals surface area contributed by atoms with Crippen molar-refractivity contribution < 1.29 is 17.7 Å². The first-order valence-corrected chi connectivity index (χ1v) is 10.3. The minimum Gasteiger partial charge on any atom is -0.367 e. The maximum Gasteiger partial charge on any atom is 0.289 e. The third-order valence-corrected chi connectivity index (χ3v) is 6.15. The van der Waals surface area contributed by atoms with Gasteiger partial charge in [-0.1, -0.05) is 24.3 Å². The highest BCUT2D eigenvalue weighted by Crippen LogP contribution is 2.23. The third-order valence-electron chi connectivity index (χ3n) is 4.64. The first-order valence-electron chi connectivity index (χ1n) is 8.83. The molecule has 1 heterocycles. The molecule has 0 unspecified atom stereocenters. The normalized spacial score (nSPS) is 15.5. The third kappa shape index (κ3) is 4.64. The fourth-order valence-electron chi connectivity index (χ4n) is 3.17. The Morgan fingerprint density at radius 2 is 1.68 bits per heavy atom. The van der Waals surface area contributed by atoms with Crippen molar-refractivity contribution in [2.45, 2.75) is 4.90 Å². The number of rotatable bonds is 7. The summed E-state index contributed by atoms with van der Waals surface area (Å²) in [5, 5.41) is 11.0. The SMILES string of the molecule is O=[N+]([O-])c1ccccc1S(=O)(=O)NCCN1CCN(c2ccccc2F)CC1. The number of halogens is 1. The minimum absolute atomic E-state index is 0.133. The lowest BCUT2D eigenvalue weighted by Crippen LogP contribution is -2.48. The average molecular weight is 408 g/mol. The average Bonchev–Trinajstić information content (AvgIpc) is 2.69. The summed E-state index contributed by atoms with van der Waals surface area (Å²) in [6.07, 6.45) is 0. The van der Waals surface area contributed by atoms with Gasteiger partial charge in [-0.2, -0.15) is 0 Å². The van der Waals surface area contributed by atoms with Crippen molar-refractivity contribution in [1.29, 1.82) is 0 Å². The molecule has 1 fully saturated rings. The van der Waals surface area contributed by atoms with E-state index in [1.807, 2.05) is 4.90 Å². The molecule has 1 N–H and O–H groups in total. The second-order valence-corrected chi connectivity index (χ2v) is 8.14. The van der Waals surface area contributed by atoms with Crippen molar-refractivity contribution in [3.8, 4) is 0 Å². The van der Waals surface area contributed by atoms with E-state index in [4.69, 9.17) is 0 Å². The van der Waals surface area contributed by atoms with Gasteiger partial charge < -0.3 is 4.90 Å². The number of nitrogens with zero attached hydrogens (tertiary/aromatic N) is 3. The van der Waals surface area contributed by atoms with Gasteiger partial charge in [0.2, 0.25) is 10.0 Å². The van der Waals surface area contributed by atoms with Crippen molar-refractivity contribution in [2.24, 2.45) is 0 Å². The number of piperazine rings is 1. The maximum atomic E-state index is 13.9. The molecule has 1 aliphatic heterocycles. The molecular weight excluding hydrogens is 387 g/mol. The Labute approximate surface area is 162 Å². The first kappa shape index (κ1) is 20.2. The molecule has 0 amide bonds. The molecular formula is C18H21FN4O4S. The number of hydrogen-bond donors (Lipinski definition) is 1. The number of para-hydroxylation sites is 2. The molecule has 8 nitrogen and oxygen atoms in total. The summed E-state index contributed by atoms with van der Waals surface area (Å²) in [5.41, 5.74) is 0.118. The summed E-state index contributed by atoms with van der Waals surface area (Å²) in [6.45, 7) is 3.21. The number of nitrogens with one attached hydrogen (secondary N) is 1. The zero-order chi connectivity index (χ0) is 20.1. The molecule has 0 saturated carbocycles. The van der Waals surface area contributed by atoms with Gasteiger partial charge in [-0.3, -0.25) is 15.0 Å². The number of sulfonamides is 1. The Balaban J connectivity index is 1.52. The highest BCUT2D eigenvalue weighted by atomic mass is 32.2. The van der Waals surface area contributed by atoms with Crippen molar-refractivity contribution in [3.05, 3.63) is 64.5 Å². The summed E-state index contributed by atoms with van der Waals surface area (Å²) in [6, 6.07) is 11.9. The molecule has 0 aromatic heterocycles. The Morgan fingerprint density at radius 1 is 1.04 bits per heavy atom. The Morgan fingerprint density at radius 3 is 2.36 bits per heavy atom. The van der Waals surface area contributed by atoms with Crippen LogP contribution in [0.5, 0.6) is 0 Å². The number of nitro groups is 1. The van der Waals surface area contributed by atoms with E-state index in [0.29, 0.717) is 38.4 Å². The fraction of sp³-hybridized carbons (Fsp3) is 0.333. The molecule has 0 bridgehead atoms. The predicted molar refractivity (Wildman–Crippen MR) is 103 cm³/mol. The van der Waals surface area contributed by atoms with Crippen LogP contribution in [0.2, 0.25) is 0 Å². The Kier molecular flexibility index (Phi) is 6.22. The van der Waals surface area contributed by atoms with E-state index in [9.17, 15) is 22.9 Å². The molecule has 3 rings (SSSR count). The van der Waals surface area contributed by atoms with E-state index < -0.39 is 20.6 Å². The summed E-state index contributed by atoms with van der Waals surface area (Å²) in [5.74, 6) is -0.256. The molecule has 10 heteroatoms. The number of nitro benzene ring substituents is 1. The molecule has 2 aromatic rings. The van der Waals surface area contributed by atoms with Gasteiger partial charge in [-0.15, -0.1) is 0 Å². The molecule has 2 aromatic carbocycles. The van der Waals surface area contributed by atoms with E-state index in [1.54, 1.807) is 18.2 Å². The zero-order valence-corrected chi connectivity index (χ0v) is 15.9. The predicted octanol–water partition coefficient (Wildman–Crippen LogP) is 1.83. The molecule has 150 valence electrons. The van der Waals surface area contributed by atoms with Gasteiger partial charge in [0.15, 0.2) is 4.90 Å². The number of benzene rings is 2. The van der Waals surface area contributed by atoms with Crippen molar-refractivity contribution in [3.63, 3.8) is 0 Å². The lowest BCUT2D eigenvalue weighted by atomic mass is 10.2. The van der Waals surface area contributed by atoms with Crippen LogP contribution in [0.1, 0.15) is 0 Å². The molecule has 1 saturated heterocycles. The number of hydrogen-bond acceptors (Lipinski definition) is 6. The van der Waals surface area contributed by atoms with Crippen LogP contribution in [-0.4, -0.2) is 57.5 Å². The van der Waals surface area contributed by atoms with Crippen LogP contribution in [0.3, 0.4) is 0 Å². The summed E-state index contributed by atoms with van der Waals surface area (Å²) >= 11 is 0. The van der Waals surface area contributed by atoms with E-state index in [0.717, 1.165) is 6.07 Å². The first-order chi connectivity index (χ1) is 13.4. The monoisotopic (exact) mass is 408 g/mol. The lowest BCUT2D eigenvalue weighted by Gasteiger charge is -2.36. The van der Waals surface area contributed by atoms with Gasteiger partial charge in [0.25, 0.3) is 5.69 Å². The number of anilines is 1. The van der Waals surface area contributed by atoms with Crippen LogP contribution >= 0.6 is 0 Å². The fourth-order valence-corrected chi connectivity index (χ4v) is 4.36. The van der Waals surface area contributed by atoms with Crippen LogP contribution in [0.4, 0.5) is 15.8 Å².